The number of nitrogens with zero attached hydrogens (tertiary/aromatic N) is 2. The standard InChI is InChI=1S/C20H13ClN2O3/c21-18-9-7-14-10-15(6-8-17(14)23-18)20(24)26-12-16-11-25-19(22-16)13-4-2-1-3-5-13/h1-11H,12H2. The maximum Gasteiger partial charge on any atom is 0.338 e. The smallest absolute Gasteiger partial charge is 0.338 e. The molecule has 0 amide bonds. The van der Waals surface area contributed by atoms with Gasteiger partial charge < -0.3 is 9.15 Å². The second-order valence-electron chi connectivity index (χ2n) is 5.63. The molecule has 0 atom stereocenters. The van der Waals surface area contributed by atoms with Gasteiger partial charge in [0.15, 0.2) is 0 Å². The van der Waals surface area contributed by atoms with Gasteiger partial charge in [-0.3, -0.25) is 0 Å². The number of hydrogen-bond acceptors (Lipinski definition) is 5. The number of ether oxygens (including phenoxy) is 1. The largest absolute Gasteiger partial charge is 0.455 e. The summed E-state index contributed by atoms with van der Waals surface area (Å²) >= 11 is 5.87. The molecule has 2 heterocycles. The molecule has 0 N–H and O–H groups in total. The Labute approximate surface area is 154 Å². The molecule has 2 aromatic carbocycles. The van der Waals surface area contributed by atoms with Crippen LogP contribution >= 0.6 is 11.6 Å². The Morgan fingerprint density at radius 3 is 2.73 bits per heavy atom. The fraction of sp³-hybridized carbons (Fsp3) is 0.0500. The molecule has 0 aliphatic carbocycles. The highest BCUT2D eigenvalue weighted by Gasteiger charge is 2.12. The molecule has 0 fully saturated rings. The second-order valence-corrected chi connectivity index (χ2v) is 6.01. The van der Waals surface area contributed by atoms with Crippen LogP contribution in [0.3, 0.4) is 0 Å². The van der Waals surface area contributed by atoms with Gasteiger partial charge in [-0.05, 0) is 42.5 Å². The first kappa shape index (κ1) is 16.3. The monoisotopic (exact) mass is 364 g/mol. The average molecular weight is 365 g/mol. The van der Waals surface area contributed by atoms with Gasteiger partial charge in [0.2, 0.25) is 5.89 Å². The van der Waals surface area contributed by atoms with E-state index in [0.29, 0.717) is 22.3 Å². The number of oxazole rings is 1. The summed E-state index contributed by atoms with van der Waals surface area (Å²) in [5.74, 6) is 0.0522. The van der Waals surface area contributed by atoms with Crippen molar-refractivity contribution in [3.8, 4) is 11.5 Å². The average Bonchev–Trinajstić information content (AvgIpc) is 3.15. The maximum absolute atomic E-state index is 12.3. The highest BCUT2D eigenvalue weighted by Crippen LogP contribution is 2.20. The first-order valence-corrected chi connectivity index (χ1v) is 8.30. The van der Waals surface area contributed by atoms with Gasteiger partial charge in [-0.25, -0.2) is 14.8 Å². The van der Waals surface area contributed by atoms with Gasteiger partial charge in [0, 0.05) is 10.9 Å². The summed E-state index contributed by atoms with van der Waals surface area (Å²) in [7, 11) is 0. The second kappa shape index (κ2) is 6.98. The van der Waals surface area contributed by atoms with Crippen LogP contribution in [0.2, 0.25) is 5.15 Å². The number of fused-ring (bicyclic) bond motifs is 1. The van der Waals surface area contributed by atoms with Crippen LogP contribution < -0.4 is 0 Å². The fourth-order valence-corrected chi connectivity index (χ4v) is 2.69. The topological polar surface area (TPSA) is 65.2 Å². The summed E-state index contributed by atoms with van der Waals surface area (Å²) in [5, 5.41) is 1.23. The minimum atomic E-state index is -0.439. The van der Waals surface area contributed by atoms with Crippen molar-refractivity contribution < 1.29 is 13.9 Å². The van der Waals surface area contributed by atoms with E-state index in [1.807, 2.05) is 36.4 Å². The van der Waals surface area contributed by atoms with Crippen LogP contribution in [0.5, 0.6) is 0 Å². The lowest BCUT2D eigenvalue weighted by molar-refractivity contribution is 0.0468. The third-order valence-electron chi connectivity index (χ3n) is 3.81. The Morgan fingerprint density at radius 2 is 1.88 bits per heavy atom. The molecule has 4 rings (SSSR count). The van der Waals surface area contributed by atoms with E-state index in [9.17, 15) is 4.79 Å². The molecule has 2 aromatic heterocycles. The van der Waals surface area contributed by atoms with Crippen LogP contribution in [0.15, 0.2) is 71.3 Å². The Bertz CT molecular complexity index is 1080. The van der Waals surface area contributed by atoms with Gasteiger partial charge in [0.25, 0.3) is 0 Å². The molecule has 6 heteroatoms. The Kier molecular flexibility index (Phi) is 4.37. The first-order valence-electron chi connectivity index (χ1n) is 7.92. The lowest BCUT2D eigenvalue weighted by Crippen LogP contribution is -2.05. The number of benzene rings is 2. The lowest BCUT2D eigenvalue weighted by Gasteiger charge is -2.04. The van der Waals surface area contributed by atoms with Crippen molar-refractivity contribution in [1.29, 1.82) is 0 Å². The van der Waals surface area contributed by atoms with Crippen molar-refractivity contribution in [3.63, 3.8) is 0 Å². The van der Waals surface area contributed by atoms with Crippen LogP contribution in [-0.4, -0.2) is 15.9 Å². The molecule has 0 aliphatic rings. The van der Waals surface area contributed by atoms with Crippen molar-refractivity contribution in [2.45, 2.75) is 6.61 Å². The van der Waals surface area contributed by atoms with E-state index in [0.717, 1.165) is 16.5 Å². The number of esters is 1. The fourth-order valence-electron chi connectivity index (χ4n) is 2.54. The molecule has 0 bridgehead atoms. The van der Waals surface area contributed by atoms with Gasteiger partial charge in [-0.1, -0.05) is 29.8 Å². The lowest BCUT2D eigenvalue weighted by atomic mass is 10.1. The summed E-state index contributed by atoms with van der Waals surface area (Å²) in [6.07, 6.45) is 1.49. The van der Waals surface area contributed by atoms with Crippen LogP contribution in [0.1, 0.15) is 16.1 Å². The maximum atomic E-state index is 12.3. The molecule has 4 aromatic rings. The summed E-state index contributed by atoms with van der Waals surface area (Å²) in [5.41, 5.74) is 2.57. The van der Waals surface area contributed by atoms with E-state index in [1.54, 1.807) is 24.3 Å². The van der Waals surface area contributed by atoms with E-state index in [4.69, 9.17) is 20.8 Å². The normalized spacial score (nSPS) is 10.8. The van der Waals surface area contributed by atoms with E-state index < -0.39 is 5.97 Å². The number of rotatable bonds is 4. The SMILES string of the molecule is O=C(OCc1coc(-c2ccccc2)n1)c1ccc2nc(Cl)ccc2c1. The molecule has 128 valence electrons. The van der Waals surface area contributed by atoms with Crippen molar-refractivity contribution in [2.24, 2.45) is 0 Å². The van der Waals surface area contributed by atoms with E-state index in [-0.39, 0.29) is 6.61 Å². The summed E-state index contributed by atoms with van der Waals surface area (Å²) in [4.78, 5) is 20.8. The number of hydrogen-bond donors (Lipinski definition) is 0. The Balaban J connectivity index is 1.46. The quantitative estimate of drug-likeness (QED) is 0.380. The van der Waals surface area contributed by atoms with Crippen LogP contribution in [0, 0.1) is 0 Å². The number of aromatic nitrogens is 2. The molecule has 0 radical (unpaired) electrons. The van der Waals surface area contributed by atoms with Crippen molar-refractivity contribution in [1.82, 2.24) is 9.97 Å². The number of halogens is 1. The van der Waals surface area contributed by atoms with Gasteiger partial charge in [0.05, 0.1) is 11.1 Å². The summed E-state index contributed by atoms with van der Waals surface area (Å²) in [6.45, 7) is 0.0338. The van der Waals surface area contributed by atoms with E-state index in [2.05, 4.69) is 9.97 Å². The molecular formula is C20H13ClN2O3. The number of carbonyl (C=O) groups is 1. The zero-order valence-corrected chi connectivity index (χ0v) is 14.3. The van der Waals surface area contributed by atoms with E-state index in [1.165, 1.54) is 6.26 Å². The number of pyridine rings is 1. The molecule has 0 saturated carbocycles. The van der Waals surface area contributed by atoms with Gasteiger partial charge >= 0.3 is 5.97 Å². The predicted molar refractivity (Wildman–Crippen MR) is 97.8 cm³/mol. The minimum absolute atomic E-state index is 0.0338. The molecule has 5 nitrogen and oxygen atoms in total. The van der Waals surface area contributed by atoms with Gasteiger partial charge in [-0.15, -0.1) is 0 Å². The molecular weight excluding hydrogens is 352 g/mol. The molecule has 0 unspecified atom stereocenters. The first-order chi connectivity index (χ1) is 12.7. The highest BCUT2D eigenvalue weighted by molar-refractivity contribution is 6.29. The zero-order valence-electron chi connectivity index (χ0n) is 13.6. The third kappa shape index (κ3) is 3.43. The van der Waals surface area contributed by atoms with Gasteiger partial charge in [-0.2, -0.15) is 0 Å². The predicted octanol–water partition coefficient (Wildman–Crippen LogP) is 4.90. The molecule has 26 heavy (non-hydrogen) atoms. The third-order valence-corrected chi connectivity index (χ3v) is 4.03. The van der Waals surface area contributed by atoms with Crippen molar-refractivity contribution in [2.75, 3.05) is 0 Å². The minimum Gasteiger partial charge on any atom is -0.455 e. The van der Waals surface area contributed by atoms with Crippen LogP contribution in [0.25, 0.3) is 22.4 Å². The van der Waals surface area contributed by atoms with Crippen LogP contribution in [0.4, 0.5) is 0 Å². The zero-order chi connectivity index (χ0) is 17.9. The number of carbonyl (C=O) groups excluding carboxylic acids is 1. The summed E-state index contributed by atoms with van der Waals surface area (Å²) < 4.78 is 10.8. The van der Waals surface area contributed by atoms with Crippen molar-refractivity contribution >= 4 is 28.5 Å². The van der Waals surface area contributed by atoms with Crippen LogP contribution in [-0.2, 0) is 11.3 Å². The Hall–Kier alpha value is -3.18. The van der Waals surface area contributed by atoms with Gasteiger partial charge in [0.1, 0.15) is 23.7 Å². The molecule has 0 saturated heterocycles. The Morgan fingerprint density at radius 1 is 1.04 bits per heavy atom. The van der Waals surface area contributed by atoms with Crippen molar-refractivity contribution in [3.05, 3.63) is 83.3 Å². The molecule has 0 spiro atoms. The highest BCUT2D eigenvalue weighted by atomic mass is 35.5. The van der Waals surface area contributed by atoms with E-state index >= 15 is 0 Å². The summed E-state index contributed by atoms with van der Waals surface area (Å²) in [6, 6.07) is 18.1. The molecule has 0 aliphatic heterocycles.